The van der Waals surface area contributed by atoms with Gasteiger partial charge in [-0.2, -0.15) is 8.42 Å². The zero-order valence-electron chi connectivity index (χ0n) is 9.74. The maximum atomic E-state index is 9.90. The van der Waals surface area contributed by atoms with Crippen molar-refractivity contribution >= 4 is 16.7 Å². The van der Waals surface area contributed by atoms with Gasteiger partial charge in [0.2, 0.25) is 0 Å². The summed E-state index contributed by atoms with van der Waals surface area (Å²) in [4.78, 5) is 9.90. The second-order valence-corrected chi connectivity index (χ2v) is 3.70. The molecule has 0 saturated carbocycles. The number of aliphatic hydroxyl groups excluding tert-OH is 5. The summed E-state index contributed by atoms with van der Waals surface area (Å²) < 4.78 is 31.6. The second kappa shape index (κ2) is 13.6. The first-order valence-corrected chi connectivity index (χ1v) is 5.42. The molecule has 0 spiro atoms. The average Bonchev–Trinajstić information content (AvgIpc) is 2.22. The first-order valence-electron chi connectivity index (χ1n) is 4.02. The number of carbonyl (C=O) groups excluding carboxylic acids is 1. The molecule has 0 amide bonds. The summed E-state index contributed by atoms with van der Waals surface area (Å²) in [7, 11) is -4.67. The number of hydrogen-bond acceptors (Lipinski definition) is 8. The molecule has 4 unspecified atom stereocenters. The summed E-state index contributed by atoms with van der Waals surface area (Å²) in [5.41, 5.74) is 0. The SMILES string of the molecule is O=CC(O)C(O)C(O)C(O)CO.O=S(=O)(O)O.[Cl-].[Na+]. The minimum atomic E-state index is -4.67. The van der Waals surface area contributed by atoms with Crippen molar-refractivity contribution in [3.8, 4) is 0 Å². The van der Waals surface area contributed by atoms with E-state index in [1.807, 2.05) is 0 Å². The van der Waals surface area contributed by atoms with E-state index < -0.39 is 41.4 Å². The Morgan fingerprint density at radius 2 is 1.32 bits per heavy atom. The molecule has 0 radical (unpaired) electrons. The third-order valence-corrected chi connectivity index (χ3v) is 1.42. The van der Waals surface area contributed by atoms with Crippen LogP contribution in [-0.2, 0) is 15.2 Å². The van der Waals surface area contributed by atoms with Crippen molar-refractivity contribution in [2.24, 2.45) is 0 Å². The monoisotopic (exact) mass is 336 g/mol. The van der Waals surface area contributed by atoms with Gasteiger partial charge < -0.3 is 42.7 Å². The molecule has 0 aromatic carbocycles. The Hall–Kier alpha value is 0.630. The van der Waals surface area contributed by atoms with Crippen LogP contribution in [0, 0.1) is 0 Å². The molecule has 0 aliphatic heterocycles. The average molecular weight is 337 g/mol. The fraction of sp³-hybridized carbons (Fsp3) is 0.833. The number of aldehydes is 1. The smallest absolute Gasteiger partial charge is 1.00 e. The molecule has 10 nitrogen and oxygen atoms in total. The largest absolute Gasteiger partial charge is 1.00 e. The minimum Gasteiger partial charge on any atom is -1.00 e. The van der Waals surface area contributed by atoms with Crippen LogP contribution in [0.15, 0.2) is 0 Å². The van der Waals surface area contributed by atoms with Crippen LogP contribution in [0.1, 0.15) is 0 Å². The molecule has 0 aromatic heterocycles. The number of carbonyl (C=O) groups is 1. The third kappa shape index (κ3) is 18.6. The maximum Gasteiger partial charge on any atom is 1.00 e. The predicted molar refractivity (Wildman–Crippen MR) is 51.4 cm³/mol. The molecule has 0 rings (SSSR count). The molecule has 13 heteroatoms. The van der Waals surface area contributed by atoms with Crippen LogP contribution in [0.3, 0.4) is 0 Å². The predicted octanol–water partition coefficient (Wildman–Crippen LogP) is -10.0. The van der Waals surface area contributed by atoms with Crippen LogP contribution in [0.5, 0.6) is 0 Å². The van der Waals surface area contributed by atoms with Crippen molar-refractivity contribution in [1.82, 2.24) is 0 Å². The van der Waals surface area contributed by atoms with Gasteiger partial charge in [0.1, 0.15) is 24.4 Å². The van der Waals surface area contributed by atoms with Gasteiger partial charge >= 0.3 is 40.0 Å². The van der Waals surface area contributed by atoms with Gasteiger partial charge in [0, 0.05) is 0 Å². The molecule has 0 bridgehead atoms. The first-order chi connectivity index (χ1) is 7.54. The van der Waals surface area contributed by atoms with Gasteiger partial charge in [-0.3, -0.25) is 9.11 Å². The van der Waals surface area contributed by atoms with Crippen molar-refractivity contribution in [1.29, 1.82) is 0 Å². The Labute approximate surface area is 137 Å². The number of hydrogen-bond donors (Lipinski definition) is 7. The topological polar surface area (TPSA) is 193 Å². The molecule has 0 aromatic rings. The zero-order valence-corrected chi connectivity index (χ0v) is 13.3. The second-order valence-electron chi connectivity index (χ2n) is 2.81. The van der Waals surface area contributed by atoms with E-state index in [1.165, 1.54) is 0 Å². The summed E-state index contributed by atoms with van der Waals surface area (Å²) in [5.74, 6) is 0. The van der Waals surface area contributed by atoms with Crippen molar-refractivity contribution in [2.45, 2.75) is 24.4 Å². The van der Waals surface area contributed by atoms with E-state index in [1.54, 1.807) is 0 Å². The Kier molecular flexibility index (Phi) is 20.0. The van der Waals surface area contributed by atoms with Gasteiger partial charge in [-0.15, -0.1) is 0 Å². The van der Waals surface area contributed by atoms with Crippen LogP contribution >= 0.6 is 0 Å². The van der Waals surface area contributed by atoms with Crippen LogP contribution in [-0.4, -0.2) is 80.4 Å². The Morgan fingerprint density at radius 1 is 1.00 bits per heavy atom. The van der Waals surface area contributed by atoms with Crippen LogP contribution in [0.25, 0.3) is 0 Å². The summed E-state index contributed by atoms with van der Waals surface area (Å²) in [6.07, 6.45) is -6.84. The summed E-state index contributed by atoms with van der Waals surface area (Å²) in [6.45, 7) is -0.760. The molecule has 4 atom stereocenters. The normalized spacial score (nSPS) is 16.4. The molecule has 0 saturated heterocycles. The van der Waals surface area contributed by atoms with Gasteiger partial charge in [0.15, 0.2) is 6.29 Å². The van der Waals surface area contributed by atoms with E-state index in [2.05, 4.69) is 0 Å². The Bertz CT molecular complexity index is 303. The summed E-state index contributed by atoms with van der Waals surface area (Å²) >= 11 is 0. The van der Waals surface area contributed by atoms with Crippen LogP contribution < -0.4 is 42.0 Å². The summed E-state index contributed by atoms with van der Waals surface area (Å²) in [6, 6.07) is 0. The van der Waals surface area contributed by atoms with E-state index in [9.17, 15) is 4.79 Å². The fourth-order valence-corrected chi connectivity index (χ4v) is 0.618. The molecule has 0 heterocycles. The van der Waals surface area contributed by atoms with E-state index in [-0.39, 0.29) is 48.3 Å². The molecule has 7 N–H and O–H groups in total. The van der Waals surface area contributed by atoms with Crippen LogP contribution in [0.2, 0.25) is 0 Å². The van der Waals surface area contributed by atoms with Gasteiger partial charge in [-0.25, -0.2) is 0 Å². The number of halogens is 1. The third-order valence-electron chi connectivity index (χ3n) is 1.42. The number of aliphatic hydroxyl groups is 5. The molecule has 112 valence electrons. The van der Waals surface area contributed by atoms with Gasteiger partial charge in [-0.05, 0) is 0 Å². The van der Waals surface area contributed by atoms with E-state index in [0.29, 0.717) is 0 Å². The fourth-order valence-electron chi connectivity index (χ4n) is 0.618. The molecular weight excluding hydrogens is 323 g/mol. The summed E-state index contributed by atoms with van der Waals surface area (Å²) in [5, 5.41) is 43.5. The molecule has 19 heavy (non-hydrogen) atoms. The number of rotatable bonds is 5. The quantitative estimate of drug-likeness (QED) is 0.144. The molecule has 0 aliphatic rings. The van der Waals surface area contributed by atoms with Gasteiger partial charge in [0.25, 0.3) is 0 Å². The molecule has 0 aliphatic carbocycles. The van der Waals surface area contributed by atoms with E-state index in [0.717, 1.165) is 0 Å². The van der Waals surface area contributed by atoms with Gasteiger partial charge in [0.05, 0.1) is 6.61 Å². The van der Waals surface area contributed by atoms with Crippen molar-refractivity contribution in [3.63, 3.8) is 0 Å². The van der Waals surface area contributed by atoms with Crippen molar-refractivity contribution in [3.05, 3.63) is 0 Å². The standard InChI is InChI=1S/C6H12O6.ClH.Na.H2O4S/c7-1-3(9)5(11)6(12)4(10)2-8;;;1-5(2,3)4/h1,3-6,8-12H,2H2;1H;;(H2,1,2,3,4)/q;;+1;/p-1. The Balaban J connectivity index is -0.000000139. The maximum absolute atomic E-state index is 9.90. The first kappa shape index (κ1) is 27.9. The van der Waals surface area contributed by atoms with E-state index >= 15 is 0 Å². The Morgan fingerprint density at radius 3 is 1.53 bits per heavy atom. The minimum absolute atomic E-state index is 0. The molecular formula is C6H14ClNaO10S. The van der Waals surface area contributed by atoms with Gasteiger partial charge in [-0.1, -0.05) is 0 Å². The zero-order chi connectivity index (χ0) is 14.2. The van der Waals surface area contributed by atoms with Crippen molar-refractivity contribution in [2.75, 3.05) is 6.61 Å². The van der Waals surface area contributed by atoms with Crippen molar-refractivity contribution < 1.29 is 89.8 Å². The molecule has 0 fully saturated rings. The van der Waals surface area contributed by atoms with Crippen LogP contribution in [0.4, 0.5) is 0 Å². The van der Waals surface area contributed by atoms with E-state index in [4.69, 9.17) is 43.1 Å².